The van der Waals surface area contributed by atoms with E-state index in [4.69, 9.17) is 17.3 Å². The Bertz CT molecular complexity index is 1030. The fourth-order valence-electron chi connectivity index (χ4n) is 3.46. The van der Waals surface area contributed by atoms with E-state index >= 15 is 0 Å². The number of aryl methyl sites for hydroxylation is 1. The molecule has 11 heteroatoms. The average molecular weight is 419 g/mol. The second kappa shape index (κ2) is 7.88. The van der Waals surface area contributed by atoms with E-state index in [1.54, 1.807) is 11.7 Å². The van der Waals surface area contributed by atoms with Crippen LogP contribution in [0.25, 0.3) is 11.2 Å². The molecule has 10 nitrogen and oxygen atoms in total. The number of benzene rings is 1. The highest BCUT2D eigenvalue weighted by Gasteiger charge is 2.21. The van der Waals surface area contributed by atoms with Crippen LogP contribution in [0.4, 0.5) is 11.8 Å². The molecular weight excluding hydrogens is 396 g/mol. The van der Waals surface area contributed by atoms with Gasteiger partial charge in [-0.2, -0.15) is 9.97 Å². The van der Waals surface area contributed by atoms with Crippen molar-refractivity contribution in [3.8, 4) is 11.5 Å². The van der Waals surface area contributed by atoms with Gasteiger partial charge in [0, 0.05) is 37.3 Å². The van der Waals surface area contributed by atoms with Gasteiger partial charge < -0.3 is 26.6 Å². The lowest BCUT2D eigenvalue weighted by Gasteiger charge is -2.26. The minimum Gasteiger partial charge on any atom is -0.508 e. The van der Waals surface area contributed by atoms with Gasteiger partial charge in [0.05, 0.1) is 5.02 Å². The number of phenols is 2. The maximum absolute atomic E-state index is 10.1. The van der Waals surface area contributed by atoms with Crippen molar-refractivity contribution >= 4 is 34.5 Å². The monoisotopic (exact) mass is 418 g/mol. The molecule has 3 aromatic rings. The maximum atomic E-state index is 10.1. The topological polar surface area (TPSA) is 147 Å². The first-order valence-electron chi connectivity index (χ1n) is 9.44. The van der Waals surface area contributed by atoms with Gasteiger partial charge in [-0.25, -0.2) is 4.68 Å². The number of nitrogens with one attached hydrogen (secondary N) is 2. The highest BCUT2D eigenvalue weighted by atomic mass is 35.5. The van der Waals surface area contributed by atoms with Gasteiger partial charge in [-0.3, -0.25) is 0 Å². The van der Waals surface area contributed by atoms with Gasteiger partial charge in [0.15, 0.2) is 17.0 Å². The van der Waals surface area contributed by atoms with Crippen molar-refractivity contribution in [2.75, 3.05) is 10.6 Å². The van der Waals surface area contributed by atoms with Gasteiger partial charge in [-0.1, -0.05) is 16.8 Å². The first kappa shape index (κ1) is 19.5. The van der Waals surface area contributed by atoms with Crippen LogP contribution in [0.1, 0.15) is 31.2 Å². The lowest BCUT2D eigenvalue weighted by molar-refractivity contribution is 0.410. The smallest absolute Gasteiger partial charge is 0.227 e. The molecule has 1 fully saturated rings. The Morgan fingerprint density at radius 2 is 1.93 bits per heavy atom. The minimum atomic E-state index is -0.105. The van der Waals surface area contributed by atoms with Crippen molar-refractivity contribution in [3.63, 3.8) is 0 Å². The predicted octanol–water partition coefficient (Wildman–Crippen LogP) is 2.12. The summed E-state index contributed by atoms with van der Waals surface area (Å²) in [4.78, 5) is 9.11. The third-order valence-electron chi connectivity index (χ3n) is 5.15. The molecule has 0 bridgehead atoms. The summed E-state index contributed by atoms with van der Waals surface area (Å²) in [6.07, 6.45) is 3.87. The van der Waals surface area contributed by atoms with Gasteiger partial charge >= 0.3 is 0 Å². The van der Waals surface area contributed by atoms with Crippen molar-refractivity contribution in [3.05, 3.63) is 22.7 Å². The fourth-order valence-corrected chi connectivity index (χ4v) is 3.62. The van der Waals surface area contributed by atoms with Crippen LogP contribution in [0.5, 0.6) is 11.5 Å². The van der Waals surface area contributed by atoms with E-state index in [1.807, 2.05) is 0 Å². The van der Waals surface area contributed by atoms with E-state index in [0.717, 1.165) is 25.7 Å². The van der Waals surface area contributed by atoms with Gasteiger partial charge in [-0.15, -0.1) is 5.10 Å². The summed E-state index contributed by atoms with van der Waals surface area (Å²) in [5.41, 5.74) is 7.56. The molecule has 29 heavy (non-hydrogen) atoms. The van der Waals surface area contributed by atoms with E-state index in [-0.39, 0.29) is 35.2 Å². The van der Waals surface area contributed by atoms with Crippen molar-refractivity contribution in [1.82, 2.24) is 25.0 Å². The number of anilines is 2. The predicted molar refractivity (Wildman–Crippen MR) is 110 cm³/mol. The zero-order chi connectivity index (χ0) is 20.5. The Morgan fingerprint density at radius 1 is 1.17 bits per heavy atom. The Kier molecular flexibility index (Phi) is 5.29. The number of nitrogens with zero attached hydrogens (tertiary/aromatic N) is 5. The van der Waals surface area contributed by atoms with Crippen LogP contribution in [0.2, 0.25) is 5.02 Å². The van der Waals surface area contributed by atoms with Gasteiger partial charge in [0.25, 0.3) is 0 Å². The molecule has 1 aromatic carbocycles. The minimum absolute atomic E-state index is 0.0263. The van der Waals surface area contributed by atoms with Gasteiger partial charge in [0.1, 0.15) is 11.5 Å². The van der Waals surface area contributed by atoms with E-state index in [2.05, 4.69) is 30.9 Å². The number of halogens is 1. The number of hydrogen-bond donors (Lipinski definition) is 5. The molecule has 0 spiro atoms. The Labute approximate surface area is 172 Å². The molecular formula is C18H23ClN8O2. The number of phenolic OH excluding ortho intramolecular Hbond substituents is 2. The average Bonchev–Trinajstić information content (AvgIpc) is 3.06. The van der Waals surface area contributed by atoms with Gasteiger partial charge in [-0.05, 0) is 31.7 Å². The quantitative estimate of drug-likeness (QED) is 0.393. The second-order valence-electron chi connectivity index (χ2n) is 7.32. The van der Waals surface area contributed by atoms with E-state index in [0.29, 0.717) is 28.5 Å². The van der Waals surface area contributed by atoms with E-state index < -0.39 is 0 Å². The van der Waals surface area contributed by atoms with Crippen molar-refractivity contribution < 1.29 is 10.2 Å². The lowest BCUT2D eigenvalue weighted by atomic mass is 9.92. The first-order chi connectivity index (χ1) is 13.9. The molecule has 0 amide bonds. The molecule has 1 aliphatic rings. The molecule has 0 atom stereocenters. The van der Waals surface area contributed by atoms with Crippen LogP contribution in [0.15, 0.2) is 12.1 Å². The fraction of sp³-hybridized carbons (Fsp3) is 0.444. The third kappa shape index (κ3) is 4.13. The highest BCUT2D eigenvalue weighted by Crippen LogP contribution is 2.31. The molecule has 154 valence electrons. The SMILES string of the molecule is Cn1nnc2c(NCc3cc(O)c(Cl)cc3O)nc(NC3CCC(N)CC3)nc21. The molecule has 1 saturated carbocycles. The number of fused-ring (bicyclic) bond motifs is 1. The molecule has 6 N–H and O–H groups in total. The van der Waals surface area contributed by atoms with Crippen molar-refractivity contribution in [1.29, 1.82) is 0 Å². The van der Waals surface area contributed by atoms with Crippen LogP contribution in [0.3, 0.4) is 0 Å². The summed E-state index contributed by atoms with van der Waals surface area (Å²) in [5.74, 6) is 0.828. The number of rotatable bonds is 5. The van der Waals surface area contributed by atoms with E-state index in [9.17, 15) is 10.2 Å². The normalized spacial score (nSPS) is 19.4. The largest absolute Gasteiger partial charge is 0.508 e. The van der Waals surface area contributed by atoms with Crippen LogP contribution < -0.4 is 16.4 Å². The number of aromatic nitrogens is 5. The molecule has 0 unspecified atom stereocenters. The number of nitrogens with two attached hydrogens (primary N) is 1. The first-order valence-corrected chi connectivity index (χ1v) is 9.82. The molecule has 4 rings (SSSR count). The van der Waals surface area contributed by atoms with Gasteiger partial charge in [0.2, 0.25) is 5.95 Å². The highest BCUT2D eigenvalue weighted by molar-refractivity contribution is 6.32. The van der Waals surface area contributed by atoms with Crippen LogP contribution in [0, 0.1) is 0 Å². The Hall–Kier alpha value is -2.85. The molecule has 1 aliphatic carbocycles. The standard InChI is InChI=1S/C18H23ClN8O2/c1-27-17-15(25-26-27)16(21-8-9-6-14(29)12(19)7-13(9)28)23-18(24-17)22-11-4-2-10(20)3-5-11/h6-7,10-11,28-29H,2-5,8,20H2,1H3,(H2,21,22,23,24). The third-order valence-corrected chi connectivity index (χ3v) is 5.45. The van der Waals surface area contributed by atoms with E-state index in [1.165, 1.54) is 12.1 Å². The summed E-state index contributed by atoms with van der Waals surface area (Å²) < 4.78 is 1.58. The Morgan fingerprint density at radius 3 is 2.69 bits per heavy atom. The summed E-state index contributed by atoms with van der Waals surface area (Å²) in [5, 5.41) is 34.7. The molecule has 2 heterocycles. The Balaban J connectivity index is 1.59. The van der Waals surface area contributed by atoms with Crippen LogP contribution in [-0.2, 0) is 13.6 Å². The second-order valence-corrected chi connectivity index (χ2v) is 7.73. The van der Waals surface area contributed by atoms with Crippen molar-refractivity contribution in [2.24, 2.45) is 12.8 Å². The number of hydrogen-bond acceptors (Lipinski definition) is 9. The van der Waals surface area contributed by atoms with Crippen LogP contribution >= 0.6 is 11.6 Å². The maximum Gasteiger partial charge on any atom is 0.227 e. The summed E-state index contributed by atoms with van der Waals surface area (Å²) >= 11 is 5.82. The summed E-state index contributed by atoms with van der Waals surface area (Å²) in [7, 11) is 1.76. The molecule has 2 aromatic heterocycles. The summed E-state index contributed by atoms with van der Waals surface area (Å²) in [6.45, 7) is 0.205. The zero-order valence-corrected chi connectivity index (χ0v) is 16.7. The molecule has 0 radical (unpaired) electrons. The molecule has 0 aliphatic heterocycles. The van der Waals surface area contributed by atoms with Crippen molar-refractivity contribution in [2.45, 2.75) is 44.3 Å². The zero-order valence-electron chi connectivity index (χ0n) is 15.9. The summed E-state index contributed by atoms with van der Waals surface area (Å²) in [6, 6.07) is 3.23. The number of aromatic hydroxyl groups is 2. The molecule has 0 saturated heterocycles. The van der Waals surface area contributed by atoms with Crippen LogP contribution in [-0.4, -0.2) is 47.3 Å². The lowest BCUT2D eigenvalue weighted by Crippen LogP contribution is -2.33.